The lowest BCUT2D eigenvalue weighted by Crippen LogP contribution is -2.34. The average molecular weight is 263 g/mol. The molecule has 5 nitrogen and oxygen atoms in total. The van der Waals surface area contributed by atoms with Gasteiger partial charge in [-0.2, -0.15) is 0 Å². The number of nitrogens with zero attached hydrogens (tertiary/aromatic N) is 1. The Hall–Kier alpha value is -1.88. The van der Waals surface area contributed by atoms with Gasteiger partial charge in [-0.25, -0.2) is 0 Å². The zero-order chi connectivity index (χ0) is 13.8. The van der Waals surface area contributed by atoms with Crippen molar-refractivity contribution in [3.05, 3.63) is 35.9 Å². The maximum atomic E-state index is 12.4. The number of methoxy groups -OCH3 is 1. The second kappa shape index (κ2) is 5.84. The van der Waals surface area contributed by atoms with Gasteiger partial charge in [0.2, 0.25) is 0 Å². The second-order valence-corrected chi connectivity index (χ2v) is 4.63. The Bertz CT molecular complexity index is 460. The highest BCUT2D eigenvalue weighted by Gasteiger charge is 2.34. The summed E-state index contributed by atoms with van der Waals surface area (Å²) >= 11 is 0. The van der Waals surface area contributed by atoms with E-state index in [-0.39, 0.29) is 12.5 Å². The van der Waals surface area contributed by atoms with Crippen LogP contribution < -0.4 is 0 Å². The Balaban J connectivity index is 2.08. The lowest BCUT2D eigenvalue weighted by molar-refractivity contribution is -0.143. The molecule has 19 heavy (non-hydrogen) atoms. The summed E-state index contributed by atoms with van der Waals surface area (Å²) in [5.74, 6) is -1.47. The first-order chi connectivity index (χ1) is 9.13. The standard InChI is InChI=1S/C14H17NO4/c1-19-12(10-5-3-2-4-6-10)13(16)15-8-7-11(9-15)14(17)18/h2-6,11-12H,7-9H2,1H3,(H,17,18)/t11-,12+/m1/s1. The van der Waals surface area contributed by atoms with Crippen molar-refractivity contribution in [2.45, 2.75) is 12.5 Å². The molecule has 1 heterocycles. The molecule has 1 aliphatic rings. The summed E-state index contributed by atoms with van der Waals surface area (Å²) < 4.78 is 5.27. The summed E-state index contributed by atoms with van der Waals surface area (Å²) in [7, 11) is 1.49. The van der Waals surface area contributed by atoms with Crippen molar-refractivity contribution in [1.29, 1.82) is 0 Å². The predicted molar refractivity (Wildman–Crippen MR) is 68.5 cm³/mol. The summed E-state index contributed by atoms with van der Waals surface area (Å²) in [4.78, 5) is 24.8. The van der Waals surface area contributed by atoms with Gasteiger partial charge in [-0.15, -0.1) is 0 Å². The maximum Gasteiger partial charge on any atom is 0.308 e. The molecule has 1 saturated heterocycles. The molecule has 0 aromatic heterocycles. The molecule has 0 aliphatic carbocycles. The molecule has 0 bridgehead atoms. The summed E-state index contributed by atoms with van der Waals surface area (Å²) in [5, 5.41) is 8.96. The highest BCUT2D eigenvalue weighted by atomic mass is 16.5. The van der Waals surface area contributed by atoms with Crippen molar-refractivity contribution in [2.24, 2.45) is 5.92 Å². The zero-order valence-corrected chi connectivity index (χ0v) is 10.8. The average Bonchev–Trinajstić information content (AvgIpc) is 2.90. The summed E-state index contributed by atoms with van der Waals surface area (Å²) in [6, 6.07) is 9.22. The Kier molecular flexibility index (Phi) is 4.16. The van der Waals surface area contributed by atoms with Crippen molar-refractivity contribution >= 4 is 11.9 Å². The third kappa shape index (κ3) is 2.93. The Morgan fingerprint density at radius 3 is 2.58 bits per heavy atom. The lowest BCUT2D eigenvalue weighted by atomic mass is 10.1. The van der Waals surface area contributed by atoms with Gasteiger partial charge in [-0.05, 0) is 12.0 Å². The van der Waals surface area contributed by atoms with Crippen molar-refractivity contribution in [3.63, 3.8) is 0 Å². The number of hydrogen-bond acceptors (Lipinski definition) is 3. The lowest BCUT2D eigenvalue weighted by Gasteiger charge is -2.22. The molecule has 2 rings (SSSR count). The smallest absolute Gasteiger partial charge is 0.308 e. The number of carbonyl (C=O) groups excluding carboxylic acids is 1. The van der Waals surface area contributed by atoms with Crippen LogP contribution in [0.2, 0.25) is 0 Å². The minimum Gasteiger partial charge on any atom is -0.481 e. The molecule has 1 aromatic rings. The molecule has 1 N–H and O–H groups in total. The van der Waals surface area contributed by atoms with Crippen LogP contribution in [0.3, 0.4) is 0 Å². The van der Waals surface area contributed by atoms with E-state index in [0.29, 0.717) is 13.0 Å². The van der Waals surface area contributed by atoms with Gasteiger partial charge in [0, 0.05) is 20.2 Å². The minimum absolute atomic E-state index is 0.169. The highest BCUT2D eigenvalue weighted by molar-refractivity contribution is 5.83. The number of likely N-dealkylation sites (tertiary alicyclic amines) is 1. The highest BCUT2D eigenvalue weighted by Crippen LogP contribution is 2.24. The zero-order valence-electron chi connectivity index (χ0n) is 10.8. The molecule has 102 valence electrons. The van der Waals surface area contributed by atoms with Crippen LogP contribution in [-0.2, 0) is 14.3 Å². The Morgan fingerprint density at radius 2 is 2.05 bits per heavy atom. The quantitative estimate of drug-likeness (QED) is 0.889. The monoisotopic (exact) mass is 263 g/mol. The van der Waals surface area contributed by atoms with Crippen molar-refractivity contribution in [2.75, 3.05) is 20.2 Å². The van der Waals surface area contributed by atoms with Gasteiger partial charge in [-0.3, -0.25) is 9.59 Å². The van der Waals surface area contributed by atoms with Crippen molar-refractivity contribution < 1.29 is 19.4 Å². The van der Waals surface area contributed by atoms with E-state index in [1.54, 1.807) is 4.90 Å². The number of amides is 1. The van der Waals surface area contributed by atoms with E-state index in [9.17, 15) is 9.59 Å². The Labute approximate surface area is 111 Å². The van der Waals surface area contributed by atoms with Crippen molar-refractivity contribution in [3.8, 4) is 0 Å². The molecule has 0 unspecified atom stereocenters. The first-order valence-electron chi connectivity index (χ1n) is 6.23. The van der Waals surface area contributed by atoms with E-state index < -0.39 is 18.0 Å². The largest absolute Gasteiger partial charge is 0.481 e. The first-order valence-corrected chi connectivity index (χ1v) is 6.23. The van der Waals surface area contributed by atoms with E-state index in [0.717, 1.165) is 5.56 Å². The number of carboxylic acid groups (broad SMARTS) is 1. The normalized spacial score (nSPS) is 20.3. The fourth-order valence-corrected chi connectivity index (χ4v) is 2.34. The molecule has 1 aliphatic heterocycles. The number of hydrogen-bond donors (Lipinski definition) is 1. The van der Waals surface area contributed by atoms with Crippen LogP contribution in [0.15, 0.2) is 30.3 Å². The van der Waals surface area contributed by atoms with Crippen LogP contribution in [0.25, 0.3) is 0 Å². The van der Waals surface area contributed by atoms with Crippen LogP contribution in [0, 0.1) is 5.92 Å². The van der Waals surface area contributed by atoms with Gasteiger partial charge in [0.15, 0.2) is 6.10 Å². The van der Waals surface area contributed by atoms with E-state index in [4.69, 9.17) is 9.84 Å². The fourth-order valence-electron chi connectivity index (χ4n) is 2.34. The molecule has 5 heteroatoms. The number of aliphatic carboxylic acids is 1. The molecule has 2 atom stereocenters. The van der Waals surface area contributed by atoms with Gasteiger partial charge in [0.05, 0.1) is 5.92 Å². The maximum absolute atomic E-state index is 12.4. The Morgan fingerprint density at radius 1 is 1.37 bits per heavy atom. The minimum atomic E-state index is -0.844. The van der Waals surface area contributed by atoms with Crippen LogP contribution >= 0.6 is 0 Å². The first kappa shape index (κ1) is 13.5. The summed E-state index contributed by atoms with van der Waals surface area (Å²) in [6.45, 7) is 0.739. The van der Waals surface area contributed by atoms with Gasteiger partial charge in [0.1, 0.15) is 0 Å². The molecule has 0 spiro atoms. The molecular formula is C14H17NO4. The van der Waals surface area contributed by atoms with Crippen LogP contribution in [-0.4, -0.2) is 42.1 Å². The summed E-state index contributed by atoms with van der Waals surface area (Å²) in [5.41, 5.74) is 0.786. The number of ether oxygens (including phenoxy) is 1. The molecule has 0 saturated carbocycles. The van der Waals surface area contributed by atoms with E-state index >= 15 is 0 Å². The van der Waals surface area contributed by atoms with Crippen LogP contribution in [0.1, 0.15) is 18.1 Å². The third-order valence-electron chi connectivity index (χ3n) is 3.41. The molecule has 1 amide bonds. The number of rotatable bonds is 4. The van der Waals surface area contributed by atoms with Gasteiger partial charge < -0.3 is 14.7 Å². The fraction of sp³-hybridized carbons (Fsp3) is 0.429. The predicted octanol–water partition coefficient (Wildman–Crippen LogP) is 1.31. The topological polar surface area (TPSA) is 66.8 Å². The van der Waals surface area contributed by atoms with Crippen molar-refractivity contribution in [1.82, 2.24) is 4.90 Å². The summed E-state index contributed by atoms with van der Waals surface area (Å²) in [6.07, 6.45) is -0.152. The second-order valence-electron chi connectivity index (χ2n) is 4.63. The molecular weight excluding hydrogens is 246 g/mol. The van der Waals surface area contributed by atoms with E-state index in [1.165, 1.54) is 7.11 Å². The molecule has 0 radical (unpaired) electrons. The third-order valence-corrected chi connectivity index (χ3v) is 3.41. The SMILES string of the molecule is CO[C@H](C(=O)N1CC[C@@H](C(=O)O)C1)c1ccccc1. The van der Waals surface area contributed by atoms with E-state index in [2.05, 4.69) is 0 Å². The van der Waals surface area contributed by atoms with E-state index in [1.807, 2.05) is 30.3 Å². The molecule has 1 aromatic carbocycles. The van der Waals surface area contributed by atoms with Gasteiger partial charge >= 0.3 is 5.97 Å². The number of carboxylic acids is 1. The number of benzene rings is 1. The van der Waals surface area contributed by atoms with Gasteiger partial charge in [-0.1, -0.05) is 30.3 Å². The van der Waals surface area contributed by atoms with Crippen LogP contribution in [0.4, 0.5) is 0 Å². The number of carbonyl (C=O) groups is 2. The van der Waals surface area contributed by atoms with Crippen LogP contribution in [0.5, 0.6) is 0 Å². The van der Waals surface area contributed by atoms with Gasteiger partial charge in [0.25, 0.3) is 5.91 Å². The molecule has 1 fully saturated rings.